The molecule has 0 amide bonds. The maximum Gasteiger partial charge on any atom is 0.146 e. The summed E-state index contributed by atoms with van der Waals surface area (Å²) >= 11 is 5.65. The van der Waals surface area contributed by atoms with Gasteiger partial charge in [-0.2, -0.15) is 0 Å². The van der Waals surface area contributed by atoms with Crippen LogP contribution in [0.4, 0.5) is 4.39 Å². The molecule has 0 radical (unpaired) electrons. The fourth-order valence-electron chi connectivity index (χ4n) is 1.18. The SMILES string of the molecule is C#CCN[C@@H](C)c1cccc(Cl)c1F. The minimum atomic E-state index is -0.383. The number of rotatable bonds is 3. The second kappa shape index (κ2) is 4.99. The van der Waals surface area contributed by atoms with E-state index in [0.29, 0.717) is 12.1 Å². The van der Waals surface area contributed by atoms with Crippen molar-refractivity contribution in [3.63, 3.8) is 0 Å². The zero-order valence-electron chi connectivity index (χ0n) is 7.85. The molecule has 0 unspecified atom stereocenters. The number of halogens is 2. The molecule has 0 bridgehead atoms. The van der Waals surface area contributed by atoms with Crippen LogP contribution in [0.5, 0.6) is 0 Å². The molecule has 1 aromatic rings. The molecule has 14 heavy (non-hydrogen) atoms. The maximum absolute atomic E-state index is 13.5. The number of benzene rings is 1. The largest absolute Gasteiger partial charge is 0.299 e. The topological polar surface area (TPSA) is 12.0 Å². The van der Waals surface area contributed by atoms with Crippen molar-refractivity contribution in [1.82, 2.24) is 5.32 Å². The molecule has 3 heteroatoms. The van der Waals surface area contributed by atoms with Crippen molar-refractivity contribution in [3.05, 3.63) is 34.6 Å². The van der Waals surface area contributed by atoms with Gasteiger partial charge in [-0.25, -0.2) is 4.39 Å². The van der Waals surface area contributed by atoms with Crippen LogP contribution in [-0.4, -0.2) is 6.54 Å². The van der Waals surface area contributed by atoms with Crippen molar-refractivity contribution >= 4 is 11.6 Å². The Bertz CT molecular complexity index is 357. The third-order valence-electron chi connectivity index (χ3n) is 1.96. The smallest absolute Gasteiger partial charge is 0.146 e. The van der Waals surface area contributed by atoms with Gasteiger partial charge in [0.05, 0.1) is 11.6 Å². The van der Waals surface area contributed by atoms with Gasteiger partial charge in [0.2, 0.25) is 0 Å². The first-order valence-electron chi connectivity index (χ1n) is 4.27. The van der Waals surface area contributed by atoms with Crippen molar-refractivity contribution in [2.45, 2.75) is 13.0 Å². The Hall–Kier alpha value is -1.04. The van der Waals surface area contributed by atoms with E-state index in [2.05, 4.69) is 11.2 Å². The van der Waals surface area contributed by atoms with Gasteiger partial charge in [-0.3, -0.25) is 5.32 Å². The Morgan fingerprint density at radius 3 is 3.00 bits per heavy atom. The van der Waals surface area contributed by atoms with E-state index < -0.39 is 0 Å². The van der Waals surface area contributed by atoms with Crippen LogP contribution in [0.1, 0.15) is 18.5 Å². The molecular formula is C11H11ClFN. The highest BCUT2D eigenvalue weighted by atomic mass is 35.5. The molecule has 1 nitrogen and oxygen atoms in total. The molecule has 1 rings (SSSR count). The van der Waals surface area contributed by atoms with Crippen LogP contribution in [0.25, 0.3) is 0 Å². The van der Waals surface area contributed by atoms with Crippen molar-refractivity contribution in [1.29, 1.82) is 0 Å². The van der Waals surface area contributed by atoms with Crippen LogP contribution in [-0.2, 0) is 0 Å². The summed E-state index contributed by atoms with van der Waals surface area (Å²) in [6, 6.07) is 4.79. The first-order valence-corrected chi connectivity index (χ1v) is 4.65. The van der Waals surface area contributed by atoms with Crippen LogP contribution >= 0.6 is 11.6 Å². The molecule has 0 saturated carbocycles. The quantitative estimate of drug-likeness (QED) is 0.759. The summed E-state index contributed by atoms with van der Waals surface area (Å²) in [5.74, 6) is 2.05. The molecular weight excluding hydrogens is 201 g/mol. The van der Waals surface area contributed by atoms with Crippen molar-refractivity contribution < 1.29 is 4.39 Å². The van der Waals surface area contributed by atoms with E-state index >= 15 is 0 Å². The van der Waals surface area contributed by atoms with Crippen molar-refractivity contribution in [2.24, 2.45) is 0 Å². The summed E-state index contributed by atoms with van der Waals surface area (Å²) in [5.41, 5.74) is 0.535. The van der Waals surface area contributed by atoms with Crippen LogP contribution in [0.15, 0.2) is 18.2 Å². The van der Waals surface area contributed by atoms with Gasteiger partial charge in [-0.1, -0.05) is 29.7 Å². The van der Waals surface area contributed by atoms with Crippen LogP contribution in [0, 0.1) is 18.2 Å². The summed E-state index contributed by atoms with van der Waals surface area (Å²) in [6.45, 7) is 2.25. The van der Waals surface area contributed by atoms with E-state index in [1.165, 1.54) is 6.07 Å². The molecule has 74 valence electrons. The van der Waals surface area contributed by atoms with Gasteiger partial charge in [0.25, 0.3) is 0 Å². The molecule has 0 aliphatic heterocycles. The van der Waals surface area contributed by atoms with E-state index in [9.17, 15) is 4.39 Å². The van der Waals surface area contributed by atoms with Crippen molar-refractivity contribution in [2.75, 3.05) is 6.54 Å². The molecule has 0 fully saturated rings. The number of terminal acetylenes is 1. The second-order valence-electron chi connectivity index (χ2n) is 2.95. The lowest BCUT2D eigenvalue weighted by atomic mass is 10.1. The fourth-order valence-corrected chi connectivity index (χ4v) is 1.36. The molecule has 1 aromatic carbocycles. The Morgan fingerprint density at radius 2 is 2.36 bits per heavy atom. The predicted octanol–water partition coefficient (Wildman–Crippen LogP) is 2.76. The highest BCUT2D eigenvalue weighted by Crippen LogP contribution is 2.22. The van der Waals surface area contributed by atoms with Gasteiger partial charge < -0.3 is 0 Å². The highest BCUT2D eigenvalue weighted by Gasteiger charge is 2.11. The highest BCUT2D eigenvalue weighted by molar-refractivity contribution is 6.30. The third-order valence-corrected chi connectivity index (χ3v) is 2.25. The molecule has 0 spiro atoms. The Balaban J connectivity index is 2.85. The zero-order valence-corrected chi connectivity index (χ0v) is 8.61. The minimum absolute atomic E-state index is 0.134. The van der Waals surface area contributed by atoms with Gasteiger partial charge in [-0.05, 0) is 13.0 Å². The van der Waals surface area contributed by atoms with Crippen LogP contribution in [0.2, 0.25) is 5.02 Å². The Morgan fingerprint density at radius 1 is 1.64 bits per heavy atom. The summed E-state index contributed by atoms with van der Waals surface area (Å²) in [5, 5.41) is 3.12. The first-order chi connectivity index (χ1) is 6.66. The monoisotopic (exact) mass is 211 g/mol. The fraction of sp³-hybridized carbons (Fsp3) is 0.273. The Kier molecular flexibility index (Phi) is 3.94. The average Bonchev–Trinajstić information content (AvgIpc) is 2.18. The van der Waals surface area contributed by atoms with E-state index in [-0.39, 0.29) is 16.9 Å². The van der Waals surface area contributed by atoms with E-state index in [0.717, 1.165) is 0 Å². The number of nitrogens with one attached hydrogen (secondary N) is 1. The lowest BCUT2D eigenvalue weighted by Crippen LogP contribution is -2.19. The zero-order chi connectivity index (χ0) is 10.6. The Labute approximate surface area is 88.3 Å². The molecule has 1 atom stereocenters. The number of hydrogen-bond donors (Lipinski definition) is 1. The standard InChI is InChI=1S/C11H11ClFN/c1-3-7-14-8(2)9-5-4-6-10(12)11(9)13/h1,4-6,8,14H,7H2,2H3/t8-/m0/s1. The van der Waals surface area contributed by atoms with E-state index in [1.54, 1.807) is 12.1 Å². The normalized spacial score (nSPS) is 12.1. The van der Waals surface area contributed by atoms with Gasteiger partial charge >= 0.3 is 0 Å². The second-order valence-corrected chi connectivity index (χ2v) is 3.36. The van der Waals surface area contributed by atoms with Crippen LogP contribution in [0.3, 0.4) is 0 Å². The molecule has 0 aliphatic rings. The van der Waals surface area contributed by atoms with E-state index in [1.807, 2.05) is 6.92 Å². The lowest BCUT2D eigenvalue weighted by Gasteiger charge is -2.13. The maximum atomic E-state index is 13.5. The molecule has 0 heterocycles. The number of hydrogen-bond acceptors (Lipinski definition) is 1. The third kappa shape index (κ3) is 2.47. The van der Waals surface area contributed by atoms with Crippen LogP contribution < -0.4 is 5.32 Å². The molecule has 0 aromatic heterocycles. The predicted molar refractivity (Wildman–Crippen MR) is 56.7 cm³/mol. The van der Waals surface area contributed by atoms with Gasteiger partial charge in [0.1, 0.15) is 5.82 Å². The average molecular weight is 212 g/mol. The van der Waals surface area contributed by atoms with Gasteiger partial charge in [-0.15, -0.1) is 6.42 Å². The lowest BCUT2D eigenvalue weighted by molar-refractivity contribution is 0.552. The molecule has 1 N–H and O–H groups in total. The van der Waals surface area contributed by atoms with Crippen molar-refractivity contribution in [3.8, 4) is 12.3 Å². The van der Waals surface area contributed by atoms with E-state index in [4.69, 9.17) is 18.0 Å². The molecule has 0 saturated heterocycles. The summed E-state index contributed by atoms with van der Waals surface area (Å²) in [7, 11) is 0. The first kappa shape index (κ1) is 11.0. The van der Waals surface area contributed by atoms with Gasteiger partial charge in [0.15, 0.2) is 0 Å². The minimum Gasteiger partial charge on any atom is -0.299 e. The summed E-state index contributed by atoms with van der Waals surface area (Å²) in [6.07, 6.45) is 5.09. The molecule has 0 aliphatic carbocycles. The summed E-state index contributed by atoms with van der Waals surface area (Å²) < 4.78 is 13.5. The summed E-state index contributed by atoms with van der Waals surface area (Å²) in [4.78, 5) is 0. The van der Waals surface area contributed by atoms with Gasteiger partial charge in [0, 0.05) is 11.6 Å².